The lowest BCUT2D eigenvalue weighted by Crippen LogP contribution is -1.98. The summed E-state index contributed by atoms with van der Waals surface area (Å²) in [6, 6.07) is 19.4. The smallest absolute Gasteiger partial charge is 0.293 e. The summed E-state index contributed by atoms with van der Waals surface area (Å²) in [5.74, 6) is 0. The van der Waals surface area contributed by atoms with E-state index < -0.39 is 0 Å². The maximum Gasteiger partial charge on any atom is 0.293 e. The topological polar surface area (TPSA) is 26.3 Å². The van der Waals surface area contributed by atoms with Gasteiger partial charge in [0, 0.05) is 6.42 Å². The summed E-state index contributed by atoms with van der Waals surface area (Å²) < 4.78 is 4.85. The van der Waals surface area contributed by atoms with E-state index in [0.29, 0.717) is 13.1 Å². The van der Waals surface area contributed by atoms with Crippen LogP contribution in [0.5, 0.6) is 0 Å². The van der Waals surface area contributed by atoms with E-state index in [-0.39, 0.29) is 0 Å². The average Bonchev–Trinajstić information content (AvgIpc) is 2.54. The van der Waals surface area contributed by atoms with Crippen LogP contribution in [0.15, 0.2) is 54.6 Å². The van der Waals surface area contributed by atoms with E-state index in [9.17, 15) is 4.79 Å². The second-order valence-electron chi connectivity index (χ2n) is 5.30. The highest BCUT2D eigenvalue weighted by molar-refractivity contribution is 6.23. The molecule has 0 saturated heterocycles. The molecule has 0 aliphatic heterocycles. The van der Waals surface area contributed by atoms with Gasteiger partial charge in [-0.1, -0.05) is 54.6 Å². The number of hydrogen-bond acceptors (Lipinski definition) is 2. The highest BCUT2D eigenvalue weighted by atomic mass is 16.5. The maximum absolute atomic E-state index is 10.3. The van der Waals surface area contributed by atoms with Crippen LogP contribution in [-0.2, 0) is 16.0 Å². The van der Waals surface area contributed by atoms with Gasteiger partial charge in [-0.15, -0.1) is 0 Å². The van der Waals surface area contributed by atoms with Gasteiger partial charge in [-0.3, -0.25) is 4.79 Å². The first-order valence-corrected chi connectivity index (χ1v) is 7.09. The molecule has 0 aromatic heterocycles. The van der Waals surface area contributed by atoms with Gasteiger partial charge in [0.05, 0.1) is 6.61 Å². The van der Waals surface area contributed by atoms with Gasteiger partial charge in [-0.2, -0.15) is 0 Å². The minimum atomic E-state index is 0.424. The van der Waals surface area contributed by atoms with Crippen LogP contribution in [0, 0.1) is 0 Å². The van der Waals surface area contributed by atoms with Crippen LogP contribution in [0.3, 0.4) is 0 Å². The first-order valence-electron chi connectivity index (χ1n) is 7.09. The van der Waals surface area contributed by atoms with E-state index in [1.165, 1.54) is 37.9 Å². The highest BCUT2D eigenvalue weighted by Crippen LogP contribution is 2.35. The predicted molar refractivity (Wildman–Crippen MR) is 85.9 cm³/mol. The molecule has 4 rings (SSSR count). The third-order valence-corrected chi connectivity index (χ3v) is 4.18. The van der Waals surface area contributed by atoms with Crippen molar-refractivity contribution in [1.82, 2.24) is 0 Å². The summed E-state index contributed by atoms with van der Waals surface area (Å²) in [6.07, 6.45) is 0.743. The zero-order valence-corrected chi connectivity index (χ0v) is 11.5. The number of ether oxygens (including phenoxy) is 1. The Hall–Kier alpha value is -2.61. The van der Waals surface area contributed by atoms with Crippen LogP contribution in [-0.4, -0.2) is 13.1 Å². The third-order valence-electron chi connectivity index (χ3n) is 4.18. The SMILES string of the molecule is O=COCCc1ccc2ccc3cccc4ccc1c2c34. The molecule has 0 radical (unpaired) electrons. The Balaban J connectivity index is 2.03. The fourth-order valence-electron chi connectivity index (χ4n) is 3.23. The van der Waals surface area contributed by atoms with Crippen molar-refractivity contribution >= 4 is 38.8 Å². The number of carbonyl (C=O) groups excluding carboxylic acids is 1. The quantitative estimate of drug-likeness (QED) is 0.315. The molecule has 2 heteroatoms. The lowest BCUT2D eigenvalue weighted by molar-refractivity contribution is -0.128. The highest BCUT2D eigenvalue weighted by Gasteiger charge is 2.10. The largest absolute Gasteiger partial charge is 0.468 e. The number of hydrogen-bond donors (Lipinski definition) is 0. The van der Waals surface area contributed by atoms with Gasteiger partial charge >= 0.3 is 0 Å². The van der Waals surface area contributed by atoms with Gasteiger partial charge in [-0.25, -0.2) is 0 Å². The van der Waals surface area contributed by atoms with E-state index in [2.05, 4.69) is 54.6 Å². The molecular weight excluding hydrogens is 260 g/mol. The van der Waals surface area contributed by atoms with Crippen molar-refractivity contribution in [2.45, 2.75) is 6.42 Å². The molecule has 0 fully saturated rings. The van der Waals surface area contributed by atoms with Crippen LogP contribution in [0.1, 0.15) is 5.56 Å². The monoisotopic (exact) mass is 274 g/mol. The molecule has 102 valence electrons. The van der Waals surface area contributed by atoms with E-state index in [1.807, 2.05) is 0 Å². The van der Waals surface area contributed by atoms with E-state index in [0.717, 1.165) is 6.42 Å². The summed E-state index contributed by atoms with van der Waals surface area (Å²) in [5.41, 5.74) is 1.22. The van der Waals surface area contributed by atoms with E-state index in [1.54, 1.807) is 0 Å². The summed E-state index contributed by atoms with van der Waals surface area (Å²) in [5, 5.41) is 7.69. The van der Waals surface area contributed by atoms with Gasteiger partial charge in [0.15, 0.2) is 0 Å². The fraction of sp³-hybridized carbons (Fsp3) is 0.105. The zero-order chi connectivity index (χ0) is 14.2. The van der Waals surface area contributed by atoms with Crippen LogP contribution in [0.2, 0.25) is 0 Å². The van der Waals surface area contributed by atoms with Crippen LogP contribution in [0.25, 0.3) is 32.3 Å². The minimum absolute atomic E-state index is 0.424. The number of carbonyl (C=O) groups is 1. The summed E-state index contributed by atoms with van der Waals surface area (Å²) in [7, 11) is 0. The van der Waals surface area contributed by atoms with Crippen molar-refractivity contribution in [3.8, 4) is 0 Å². The predicted octanol–water partition coefficient (Wildman–Crippen LogP) is 4.30. The lowest BCUT2D eigenvalue weighted by atomic mass is 9.91. The van der Waals surface area contributed by atoms with Crippen LogP contribution >= 0.6 is 0 Å². The molecule has 0 N–H and O–H groups in total. The van der Waals surface area contributed by atoms with Crippen molar-refractivity contribution in [2.75, 3.05) is 6.61 Å². The molecule has 0 bridgehead atoms. The molecule has 0 atom stereocenters. The van der Waals surface area contributed by atoms with E-state index >= 15 is 0 Å². The standard InChI is InChI=1S/C19H14O2/c20-12-21-11-10-13-4-5-16-7-6-14-2-1-3-15-8-9-17(13)19(16)18(14)15/h1-9,12H,10-11H2. The van der Waals surface area contributed by atoms with E-state index in [4.69, 9.17) is 4.74 Å². The summed E-state index contributed by atoms with van der Waals surface area (Å²) in [6.45, 7) is 0.934. The Bertz CT molecular complexity index is 924. The minimum Gasteiger partial charge on any atom is -0.468 e. The Kier molecular flexibility index (Phi) is 2.74. The van der Waals surface area contributed by atoms with Crippen molar-refractivity contribution in [3.63, 3.8) is 0 Å². The second-order valence-corrected chi connectivity index (χ2v) is 5.30. The molecule has 0 amide bonds. The molecule has 0 aliphatic rings. The van der Waals surface area contributed by atoms with Crippen molar-refractivity contribution in [3.05, 3.63) is 60.2 Å². The first-order chi connectivity index (χ1) is 10.4. The van der Waals surface area contributed by atoms with Gasteiger partial charge in [0.2, 0.25) is 0 Å². The van der Waals surface area contributed by atoms with Crippen molar-refractivity contribution < 1.29 is 9.53 Å². The summed E-state index contributed by atoms with van der Waals surface area (Å²) in [4.78, 5) is 10.3. The molecule has 0 aliphatic carbocycles. The Labute approximate surface area is 122 Å². The molecule has 4 aromatic rings. The van der Waals surface area contributed by atoms with Gasteiger partial charge in [0.25, 0.3) is 6.47 Å². The van der Waals surface area contributed by atoms with Crippen LogP contribution in [0.4, 0.5) is 0 Å². The summed E-state index contributed by atoms with van der Waals surface area (Å²) >= 11 is 0. The molecule has 2 nitrogen and oxygen atoms in total. The number of benzene rings is 4. The third kappa shape index (κ3) is 1.83. The molecule has 0 unspecified atom stereocenters. The van der Waals surface area contributed by atoms with Gasteiger partial charge < -0.3 is 4.74 Å². The average molecular weight is 274 g/mol. The molecule has 4 aromatic carbocycles. The maximum atomic E-state index is 10.3. The van der Waals surface area contributed by atoms with Crippen molar-refractivity contribution in [2.24, 2.45) is 0 Å². The molecular formula is C19H14O2. The normalized spacial score (nSPS) is 11.4. The molecule has 0 heterocycles. The first kappa shape index (κ1) is 12.2. The molecule has 0 spiro atoms. The molecule has 21 heavy (non-hydrogen) atoms. The van der Waals surface area contributed by atoms with Crippen LogP contribution < -0.4 is 0 Å². The van der Waals surface area contributed by atoms with Gasteiger partial charge in [0.1, 0.15) is 0 Å². The Morgan fingerprint density at radius 1 is 0.810 bits per heavy atom. The zero-order valence-electron chi connectivity index (χ0n) is 11.5. The molecule has 0 saturated carbocycles. The second kappa shape index (κ2) is 4.74. The fourth-order valence-corrected chi connectivity index (χ4v) is 3.23. The van der Waals surface area contributed by atoms with Crippen molar-refractivity contribution in [1.29, 1.82) is 0 Å². The Morgan fingerprint density at radius 3 is 2.24 bits per heavy atom. The van der Waals surface area contributed by atoms with Gasteiger partial charge in [-0.05, 0) is 37.9 Å². The lowest BCUT2D eigenvalue weighted by Gasteiger charge is -2.13. The number of rotatable bonds is 4. The Morgan fingerprint density at radius 2 is 1.48 bits per heavy atom.